The fourth-order valence-electron chi connectivity index (χ4n) is 4.53. The van der Waals surface area contributed by atoms with E-state index in [-0.39, 0.29) is 11.3 Å². The molecule has 0 saturated carbocycles. The number of ether oxygens (including phenoxy) is 3. The molecular weight excluding hydrogens is 486 g/mol. The number of ketones is 1. The van der Waals surface area contributed by atoms with E-state index < -0.39 is 17.7 Å². The number of aromatic nitrogens is 2. The summed E-state index contributed by atoms with van der Waals surface area (Å²) in [5.74, 6) is -0.0620. The van der Waals surface area contributed by atoms with E-state index >= 15 is 0 Å². The van der Waals surface area contributed by atoms with Gasteiger partial charge in [0.15, 0.2) is 11.5 Å². The number of aryl methyl sites for hydroxylation is 1. The van der Waals surface area contributed by atoms with Crippen LogP contribution in [0.3, 0.4) is 0 Å². The molecule has 1 atom stereocenters. The summed E-state index contributed by atoms with van der Waals surface area (Å²) in [4.78, 5) is 32.2. The van der Waals surface area contributed by atoms with Gasteiger partial charge < -0.3 is 28.8 Å². The van der Waals surface area contributed by atoms with Crippen molar-refractivity contribution in [3.05, 3.63) is 77.9 Å². The molecule has 0 bridgehead atoms. The minimum Gasteiger partial charge on any atom is -0.507 e. The summed E-state index contributed by atoms with van der Waals surface area (Å²) in [6.45, 7) is 3.56. The van der Waals surface area contributed by atoms with Crippen molar-refractivity contribution in [2.24, 2.45) is 0 Å². The highest BCUT2D eigenvalue weighted by Crippen LogP contribution is 2.42. The maximum absolute atomic E-state index is 13.3. The maximum atomic E-state index is 13.3. The van der Waals surface area contributed by atoms with Gasteiger partial charge in [0.2, 0.25) is 0 Å². The summed E-state index contributed by atoms with van der Waals surface area (Å²) >= 11 is 0. The number of aliphatic hydroxyl groups excluding tert-OH is 1. The van der Waals surface area contributed by atoms with Crippen molar-refractivity contribution in [1.82, 2.24) is 14.5 Å². The van der Waals surface area contributed by atoms with Crippen molar-refractivity contribution >= 4 is 17.4 Å². The van der Waals surface area contributed by atoms with Gasteiger partial charge >= 0.3 is 0 Å². The van der Waals surface area contributed by atoms with Crippen LogP contribution in [0.1, 0.15) is 43.4 Å². The Labute approximate surface area is 222 Å². The lowest BCUT2D eigenvalue weighted by atomic mass is 9.95. The van der Waals surface area contributed by atoms with E-state index in [1.807, 2.05) is 16.8 Å². The number of methoxy groups -OCH3 is 2. The third kappa shape index (κ3) is 5.66. The Morgan fingerprint density at radius 3 is 2.58 bits per heavy atom. The van der Waals surface area contributed by atoms with Crippen molar-refractivity contribution in [3.63, 3.8) is 0 Å². The number of hydrogen-bond acceptors (Lipinski definition) is 7. The molecule has 1 aromatic heterocycles. The highest BCUT2D eigenvalue weighted by molar-refractivity contribution is 6.46. The molecule has 38 heavy (non-hydrogen) atoms. The highest BCUT2D eigenvalue weighted by atomic mass is 16.5. The second kappa shape index (κ2) is 12.3. The van der Waals surface area contributed by atoms with E-state index in [4.69, 9.17) is 14.2 Å². The van der Waals surface area contributed by atoms with Gasteiger partial charge in [-0.25, -0.2) is 4.98 Å². The predicted octanol–water partition coefficient (Wildman–Crippen LogP) is 4.59. The number of aliphatic hydroxyl groups is 1. The molecule has 9 heteroatoms. The van der Waals surface area contributed by atoms with E-state index in [1.54, 1.807) is 56.0 Å². The first-order valence-electron chi connectivity index (χ1n) is 12.7. The largest absolute Gasteiger partial charge is 0.507 e. The van der Waals surface area contributed by atoms with Crippen LogP contribution >= 0.6 is 0 Å². The number of Topliss-reactive ketones (excluding diaryl/α,β-unsaturated/α-hetero) is 1. The number of benzene rings is 2. The minimum absolute atomic E-state index is 0.0209. The quantitative estimate of drug-likeness (QED) is 0.162. The van der Waals surface area contributed by atoms with Gasteiger partial charge in [0.25, 0.3) is 11.7 Å². The molecule has 1 amide bonds. The van der Waals surface area contributed by atoms with Crippen LogP contribution in [0, 0.1) is 0 Å². The van der Waals surface area contributed by atoms with E-state index in [2.05, 4.69) is 11.9 Å². The Balaban J connectivity index is 1.75. The number of rotatable bonds is 12. The summed E-state index contributed by atoms with van der Waals surface area (Å²) in [5, 5.41) is 11.3. The predicted molar refractivity (Wildman–Crippen MR) is 142 cm³/mol. The molecule has 1 aliphatic heterocycles. The molecule has 0 spiro atoms. The van der Waals surface area contributed by atoms with Gasteiger partial charge in [-0.3, -0.25) is 9.59 Å². The summed E-state index contributed by atoms with van der Waals surface area (Å²) < 4.78 is 18.7. The van der Waals surface area contributed by atoms with Crippen LogP contribution in [0.2, 0.25) is 0 Å². The van der Waals surface area contributed by atoms with E-state index in [0.717, 1.165) is 12.8 Å². The molecule has 0 radical (unpaired) electrons. The number of nitrogens with zero attached hydrogens (tertiary/aromatic N) is 3. The second-order valence-corrected chi connectivity index (χ2v) is 8.99. The smallest absolute Gasteiger partial charge is 0.295 e. The van der Waals surface area contributed by atoms with Gasteiger partial charge in [-0.1, -0.05) is 31.5 Å². The number of likely N-dealkylation sites (tertiary alicyclic amines) is 1. The van der Waals surface area contributed by atoms with Crippen molar-refractivity contribution in [1.29, 1.82) is 0 Å². The molecule has 1 unspecified atom stereocenters. The first-order chi connectivity index (χ1) is 18.5. The summed E-state index contributed by atoms with van der Waals surface area (Å²) in [6, 6.07) is 11.3. The van der Waals surface area contributed by atoms with Gasteiger partial charge in [-0.2, -0.15) is 0 Å². The first-order valence-corrected chi connectivity index (χ1v) is 12.7. The monoisotopic (exact) mass is 519 g/mol. The number of unbranched alkanes of at least 4 members (excludes halogenated alkanes) is 1. The summed E-state index contributed by atoms with van der Waals surface area (Å²) in [7, 11) is 3.07. The number of amides is 1. The molecule has 2 aromatic carbocycles. The van der Waals surface area contributed by atoms with Crippen LogP contribution in [-0.4, -0.2) is 58.6 Å². The lowest BCUT2D eigenvalue weighted by molar-refractivity contribution is -0.139. The van der Waals surface area contributed by atoms with Crippen molar-refractivity contribution in [3.8, 4) is 17.2 Å². The summed E-state index contributed by atoms with van der Waals surface area (Å²) in [6.07, 6.45) is 7.74. The van der Waals surface area contributed by atoms with Crippen molar-refractivity contribution < 1.29 is 28.9 Å². The van der Waals surface area contributed by atoms with Gasteiger partial charge in [-0.05, 0) is 42.7 Å². The molecular formula is C29H33N3O6. The summed E-state index contributed by atoms with van der Waals surface area (Å²) in [5.41, 5.74) is 1.04. The molecule has 1 fully saturated rings. The van der Waals surface area contributed by atoms with Crippen LogP contribution in [0.4, 0.5) is 0 Å². The van der Waals surface area contributed by atoms with Crippen LogP contribution in [0.15, 0.2) is 66.8 Å². The fraction of sp³-hybridized carbons (Fsp3) is 0.345. The molecule has 2 heterocycles. The molecule has 3 aromatic rings. The zero-order chi connectivity index (χ0) is 27.1. The molecule has 1 aliphatic rings. The second-order valence-electron chi connectivity index (χ2n) is 8.99. The Morgan fingerprint density at radius 2 is 1.87 bits per heavy atom. The lowest BCUT2D eigenvalue weighted by Gasteiger charge is -2.26. The van der Waals surface area contributed by atoms with E-state index in [1.165, 1.54) is 12.0 Å². The standard InChI is InChI=1S/C29H33N3O6/c1-4-5-16-38-23-11-10-20(18-24(23)37-3)26-25(27(33)21-8-6-9-22(17-21)36-2)28(34)29(35)32(26)14-7-13-31-15-12-30-19-31/h6,8-12,15,17-19,26,33H,4-5,7,13-14,16H2,1-3H3/b27-25-. The zero-order valence-electron chi connectivity index (χ0n) is 21.9. The molecule has 0 aliphatic carbocycles. The molecule has 1 saturated heterocycles. The third-order valence-corrected chi connectivity index (χ3v) is 6.52. The Kier molecular flexibility index (Phi) is 8.68. The van der Waals surface area contributed by atoms with Gasteiger partial charge in [0, 0.05) is 31.0 Å². The number of carbonyl (C=O) groups excluding carboxylic acids is 2. The average Bonchev–Trinajstić information content (AvgIpc) is 3.55. The zero-order valence-corrected chi connectivity index (χ0v) is 21.9. The number of hydrogen-bond donors (Lipinski definition) is 1. The van der Waals surface area contributed by atoms with E-state index in [9.17, 15) is 14.7 Å². The Bertz CT molecular complexity index is 1300. The van der Waals surface area contributed by atoms with Crippen molar-refractivity contribution in [2.45, 2.75) is 38.8 Å². The third-order valence-electron chi connectivity index (χ3n) is 6.52. The van der Waals surface area contributed by atoms with Crippen molar-refractivity contribution in [2.75, 3.05) is 27.4 Å². The SMILES string of the molecule is CCCCOc1ccc(C2/C(=C(/O)c3cccc(OC)c3)C(=O)C(=O)N2CCCn2ccnc2)cc1OC. The van der Waals surface area contributed by atoms with E-state index in [0.29, 0.717) is 54.5 Å². The van der Waals surface area contributed by atoms with Crippen LogP contribution in [0.5, 0.6) is 17.2 Å². The molecule has 1 N–H and O–H groups in total. The number of imidazole rings is 1. The Morgan fingerprint density at radius 1 is 1.03 bits per heavy atom. The highest BCUT2D eigenvalue weighted by Gasteiger charge is 2.46. The van der Waals surface area contributed by atoms with Crippen LogP contribution in [0.25, 0.3) is 5.76 Å². The Hall–Kier alpha value is -4.27. The fourth-order valence-corrected chi connectivity index (χ4v) is 4.53. The topological polar surface area (TPSA) is 103 Å². The lowest BCUT2D eigenvalue weighted by Crippen LogP contribution is -2.31. The normalized spacial score (nSPS) is 16.6. The number of carbonyl (C=O) groups is 2. The first kappa shape index (κ1) is 26.8. The van der Waals surface area contributed by atoms with Gasteiger partial charge in [0.1, 0.15) is 11.5 Å². The maximum Gasteiger partial charge on any atom is 0.295 e. The average molecular weight is 520 g/mol. The molecule has 9 nitrogen and oxygen atoms in total. The molecule has 200 valence electrons. The van der Waals surface area contributed by atoms with Crippen LogP contribution < -0.4 is 14.2 Å². The minimum atomic E-state index is -0.803. The van der Waals surface area contributed by atoms with Gasteiger partial charge in [-0.15, -0.1) is 0 Å². The van der Waals surface area contributed by atoms with Crippen LogP contribution in [-0.2, 0) is 16.1 Å². The van der Waals surface area contributed by atoms with Gasteiger partial charge in [0.05, 0.1) is 38.8 Å². The molecule has 4 rings (SSSR count).